The van der Waals surface area contributed by atoms with E-state index in [9.17, 15) is 4.79 Å². The molecule has 0 saturated carbocycles. The van der Waals surface area contributed by atoms with E-state index in [2.05, 4.69) is 34.6 Å². The smallest absolute Gasteiger partial charge is 0.225 e. The monoisotopic (exact) mass is 199 g/mol. The maximum atomic E-state index is 12.0. The Morgan fingerprint density at radius 2 is 1.79 bits per heavy atom. The lowest BCUT2D eigenvalue weighted by Crippen LogP contribution is -2.45. The Labute approximate surface area is 88.7 Å². The molecule has 0 aromatic carbocycles. The van der Waals surface area contributed by atoms with Gasteiger partial charge in [0, 0.05) is 18.5 Å². The minimum absolute atomic E-state index is 0.0573. The van der Waals surface area contributed by atoms with Gasteiger partial charge < -0.3 is 4.90 Å². The molecule has 0 heterocycles. The number of carbonyl (C=O) groups is 1. The lowest BCUT2D eigenvalue weighted by atomic mass is 9.96. The molecule has 14 heavy (non-hydrogen) atoms. The fourth-order valence-corrected chi connectivity index (χ4v) is 1.46. The van der Waals surface area contributed by atoms with Gasteiger partial charge in [-0.05, 0) is 33.6 Å². The van der Waals surface area contributed by atoms with E-state index >= 15 is 0 Å². The number of hydrogen-bond donors (Lipinski definition) is 0. The Morgan fingerprint density at radius 3 is 2.07 bits per heavy atom. The molecular formula is C12H25NO. The van der Waals surface area contributed by atoms with Crippen molar-refractivity contribution < 1.29 is 4.79 Å². The SMILES string of the molecule is CCC[C@H](CC)C(=O)N(C)C(C)(C)C. The zero-order valence-corrected chi connectivity index (χ0v) is 10.6. The van der Waals surface area contributed by atoms with Crippen LogP contribution in [-0.4, -0.2) is 23.4 Å². The van der Waals surface area contributed by atoms with Gasteiger partial charge in [-0.3, -0.25) is 4.79 Å². The van der Waals surface area contributed by atoms with Crippen molar-refractivity contribution in [2.45, 2.75) is 59.4 Å². The first kappa shape index (κ1) is 13.5. The summed E-state index contributed by atoms with van der Waals surface area (Å²) in [5.74, 6) is 0.506. The molecule has 0 aromatic rings. The van der Waals surface area contributed by atoms with Crippen molar-refractivity contribution in [1.82, 2.24) is 4.90 Å². The standard InChI is InChI=1S/C12H25NO/c1-7-9-10(8-2)11(14)13(6)12(3,4)5/h10H,7-9H2,1-6H3/t10-/m0/s1. The van der Waals surface area contributed by atoms with E-state index in [0.29, 0.717) is 5.91 Å². The molecule has 0 saturated heterocycles. The summed E-state index contributed by atoms with van der Waals surface area (Å²) in [5, 5.41) is 0. The predicted molar refractivity (Wildman–Crippen MR) is 61.2 cm³/mol. The van der Waals surface area contributed by atoms with Crippen molar-refractivity contribution in [1.29, 1.82) is 0 Å². The highest BCUT2D eigenvalue weighted by atomic mass is 16.2. The molecule has 0 unspecified atom stereocenters. The summed E-state index contributed by atoms with van der Waals surface area (Å²) in [6.45, 7) is 10.4. The van der Waals surface area contributed by atoms with E-state index in [1.807, 2.05) is 11.9 Å². The molecule has 0 N–H and O–H groups in total. The molecule has 1 amide bonds. The van der Waals surface area contributed by atoms with Gasteiger partial charge in [0.2, 0.25) is 5.91 Å². The highest BCUT2D eigenvalue weighted by molar-refractivity contribution is 5.79. The van der Waals surface area contributed by atoms with Gasteiger partial charge in [-0.15, -0.1) is 0 Å². The first-order valence-corrected chi connectivity index (χ1v) is 5.62. The van der Waals surface area contributed by atoms with Crippen LogP contribution in [-0.2, 0) is 4.79 Å². The lowest BCUT2D eigenvalue weighted by Gasteiger charge is -2.34. The quantitative estimate of drug-likeness (QED) is 0.681. The summed E-state index contributed by atoms with van der Waals surface area (Å²) < 4.78 is 0. The molecule has 0 spiro atoms. The molecule has 0 fully saturated rings. The van der Waals surface area contributed by atoms with E-state index in [0.717, 1.165) is 19.3 Å². The van der Waals surface area contributed by atoms with Crippen LogP contribution in [0, 0.1) is 5.92 Å². The van der Waals surface area contributed by atoms with Crippen LogP contribution in [0.2, 0.25) is 0 Å². The van der Waals surface area contributed by atoms with Gasteiger partial charge in [0.1, 0.15) is 0 Å². The van der Waals surface area contributed by atoms with Crippen LogP contribution in [0.15, 0.2) is 0 Å². The summed E-state index contributed by atoms with van der Waals surface area (Å²) in [7, 11) is 1.90. The van der Waals surface area contributed by atoms with Crippen LogP contribution in [0.3, 0.4) is 0 Å². The van der Waals surface area contributed by atoms with Gasteiger partial charge >= 0.3 is 0 Å². The molecule has 0 aliphatic heterocycles. The largest absolute Gasteiger partial charge is 0.341 e. The normalized spacial score (nSPS) is 13.9. The summed E-state index contributed by atoms with van der Waals surface area (Å²) in [4.78, 5) is 13.9. The van der Waals surface area contributed by atoms with Crippen molar-refractivity contribution in [3.05, 3.63) is 0 Å². The van der Waals surface area contributed by atoms with Crippen molar-refractivity contribution in [3.63, 3.8) is 0 Å². The summed E-state index contributed by atoms with van der Waals surface area (Å²) in [6.07, 6.45) is 3.05. The Hall–Kier alpha value is -0.530. The third-order valence-corrected chi connectivity index (χ3v) is 2.82. The average Bonchev–Trinajstić information content (AvgIpc) is 2.10. The van der Waals surface area contributed by atoms with Crippen molar-refractivity contribution in [2.75, 3.05) is 7.05 Å². The fraction of sp³-hybridized carbons (Fsp3) is 0.917. The maximum absolute atomic E-state index is 12.0. The minimum atomic E-state index is -0.0573. The molecule has 84 valence electrons. The van der Waals surface area contributed by atoms with Crippen LogP contribution in [0.5, 0.6) is 0 Å². The van der Waals surface area contributed by atoms with Crippen LogP contribution in [0.4, 0.5) is 0 Å². The lowest BCUT2D eigenvalue weighted by molar-refractivity contribution is -0.138. The van der Waals surface area contributed by atoms with E-state index < -0.39 is 0 Å². The Morgan fingerprint density at radius 1 is 1.29 bits per heavy atom. The van der Waals surface area contributed by atoms with E-state index in [1.54, 1.807) is 0 Å². The molecule has 0 radical (unpaired) electrons. The highest BCUT2D eigenvalue weighted by Gasteiger charge is 2.26. The van der Waals surface area contributed by atoms with Gasteiger partial charge in [0.25, 0.3) is 0 Å². The van der Waals surface area contributed by atoms with E-state index in [1.165, 1.54) is 0 Å². The van der Waals surface area contributed by atoms with Gasteiger partial charge in [0.15, 0.2) is 0 Å². The van der Waals surface area contributed by atoms with E-state index in [4.69, 9.17) is 0 Å². The number of nitrogens with zero attached hydrogens (tertiary/aromatic N) is 1. The minimum Gasteiger partial charge on any atom is -0.341 e. The molecule has 0 rings (SSSR count). The van der Waals surface area contributed by atoms with Gasteiger partial charge in [0.05, 0.1) is 0 Å². The van der Waals surface area contributed by atoms with Gasteiger partial charge in [-0.2, -0.15) is 0 Å². The van der Waals surface area contributed by atoms with E-state index in [-0.39, 0.29) is 11.5 Å². The van der Waals surface area contributed by atoms with Crippen molar-refractivity contribution in [2.24, 2.45) is 5.92 Å². The van der Waals surface area contributed by atoms with Crippen molar-refractivity contribution >= 4 is 5.91 Å². The maximum Gasteiger partial charge on any atom is 0.225 e. The summed E-state index contributed by atoms with van der Waals surface area (Å²) >= 11 is 0. The molecule has 1 atom stereocenters. The highest BCUT2D eigenvalue weighted by Crippen LogP contribution is 2.19. The Bertz CT molecular complexity index is 181. The second-order valence-electron chi connectivity index (χ2n) is 4.96. The van der Waals surface area contributed by atoms with Gasteiger partial charge in [-0.25, -0.2) is 0 Å². The van der Waals surface area contributed by atoms with Crippen molar-refractivity contribution in [3.8, 4) is 0 Å². The zero-order chi connectivity index (χ0) is 11.4. The molecule has 2 heteroatoms. The number of rotatable bonds is 4. The zero-order valence-electron chi connectivity index (χ0n) is 10.6. The second kappa shape index (κ2) is 5.38. The Kier molecular flexibility index (Phi) is 5.17. The van der Waals surface area contributed by atoms with Crippen LogP contribution >= 0.6 is 0 Å². The first-order chi connectivity index (χ1) is 6.34. The molecule has 0 aromatic heterocycles. The van der Waals surface area contributed by atoms with Crippen LogP contribution < -0.4 is 0 Å². The molecule has 0 aliphatic carbocycles. The second-order valence-corrected chi connectivity index (χ2v) is 4.96. The molecule has 0 aliphatic rings. The fourth-order valence-electron chi connectivity index (χ4n) is 1.46. The van der Waals surface area contributed by atoms with Crippen LogP contribution in [0.25, 0.3) is 0 Å². The molecule has 2 nitrogen and oxygen atoms in total. The summed E-state index contributed by atoms with van der Waals surface area (Å²) in [6, 6.07) is 0. The van der Waals surface area contributed by atoms with Gasteiger partial charge in [-0.1, -0.05) is 20.3 Å². The average molecular weight is 199 g/mol. The predicted octanol–water partition coefficient (Wildman–Crippen LogP) is 3.07. The molecular weight excluding hydrogens is 174 g/mol. The topological polar surface area (TPSA) is 20.3 Å². The summed E-state index contributed by atoms with van der Waals surface area (Å²) in [5.41, 5.74) is -0.0573. The number of hydrogen-bond acceptors (Lipinski definition) is 1. The first-order valence-electron chi connectivity index (χ1n) is 5.62. The third kappa shape index (κ3) is 3.69. The number of carbonyl (C=O) groups excluding carboxylic acids is 1. The third-order valence-electron chi connectivity index (χ3n) is 2.82. The van der Waals surface area contributed by atoms with Crippen LogP contribution in [0.1, 0.15) is 53.9 Å². The Balaban J connectivity index is 4.42. The molecule has 0 bridgehead atoms. The number of amides is 1.